The van der Waals surface area contributed by atoms with Crippen LogP contribution in [0, 0.1) is 5.92 Å². The summed E-state index contributed by atoms with van der Waals surface area (Å²) in [5.74, 6) is 1.00. The van der Waals surface area contributed by atoms with Crippen LogP contribution in [-0.4, -0.2) is 37.8 Å². The van der Waals surface area contributed by atoms with Crippen LogP contribution in [0.5, 0.6) is 0 Å². The normalized spacial score (nSPS) is 29.6. The molecule has 0 radical (unpaired) electrons. The summed E-state index contributed by atoms with van der Waals surface area (Å²) in [6.07, 6.45) is 0.728. The highest BCUT2D eigenvalue weighted by molar-refractivity contribution is 6.21. The zero-order valence-corrected chi connectivity index (χ0v) is 9.90. The molecule has 84 valence electrons. The van der Waals surface area contributed by atoms with Gasteiger partial charge in [0, 0.05) is 12.3 Å². The summed E-state index contributed by atoms with van der Waals surface area (Å²) in [7, 11) is 1.75. The first-order valence-electron chi connectivity index (χ1n) is 5.00. The highest BCUT2D eigenvalue weighted by Crippen LogP contribution is 2.35. The standard InChI is InChI=1S/C9H15ClN4O/c1-9(2)8(10)6(5-15-9)4-7-11-13-14(3)12-7/h6,8H,4-5H2,1-3H3. The fourth-order valence-electron chi connectivity index (χ4n) is 1.86. The van der Waals surface area contributed by atoms with E-state index in [1.165, 1.54) is 4.80 Å². The Morgan fingerprint density at radius 3 is 2.80 bits per heavy atom. The van der Waals surface area contributed by atoms with Gasteiger partial charge < -0.3 is 4.74 Å². The highest BCUT2D eigenvalue weighted by atomic mass is 35.5. The maximum absolute atomic E-state index is 6.32. The molecule has 0 N–H and O–H groups in total. The van der Waals surface area contributed by atoms with Gasteiger partial charge in [-0.2, -0.15) is 4.80 Å². The molecule has 2 atom stereocenters. The monoisotopic (exact) mass is 230 g/mol. The number of hydrogen-bond donors (Lipinski definition) is 0. The van der Waals surface area contributed by atoms with Crippen LogP contribution in [0.15, 0.2) is 0 Å². The number of tetrazole rings is 1. The van der Waals surface area contributed by atoms with Crippen molar-refractivity contribution >= 4 is 11.6 Å². The Bertz CT molecular complexity index is 352. The highest BCUT2D eigenvalue weighted by Gasteiger charge is 2.42. The largest absolute Gasteiger partial charge is 0.374 e. The van der Waals surface area contributed by atoms with Crippen LogP contribution in [0.2, 0.25) is 0 Å². The van der Waals surface area contributed by atoms with E-state index in [2.05, 4.69) is 15.4 Å². The van der Waals surface area contributed by atoms with E-state index in [-0.39, 0.29) is 16.9 Å². The van der Waals surface area contributed by atoms with Gasteiger partial charge in [0.25, 0.3) is 0 Å². The minimum absolute atomic E-state index is 0.00121. The van der Waals surface area contributed by atoms with Crippen molar-refractivity contribution < 1.29 is 4.74 Å². The molecule has 2 heterocycles. The maximum Gasteiger partial charge on any atom is 0.175 e. The van der Waals surface area contributed by atoms with E-state index >= 15 is 0 Å². The van der Waals surface area contributed by atoms with Crippen molar-refractivity contribution in [2.75, 3.05) is 6.61 Å². The van der Waals surface area contributed by atoms with Gasteiger partial charge in [-0.05, 0) is 19.1 Å². The minimum Gasteiger partial charge on any atom is -0.374 e. The summed E-state index contributed by atoms with van der Waals surface area (Å²) >= 11 is 6.32. The number of alkyl halides is 1. The first-order valence-corrected chi connectivity index (χ1v) is 5.43. The summed E-state index contributed by atoms with van der Waals surface area (Å²) in [4.78, 5) is 1.46. The molecule has 1 saturated heterocycles. The lowest BCUT2D eigenvalue weighted by Gasteiger charge is -2.22. The van der Waals surface area contributed by atoms with Crippen molar-refractivity contribution in [1.29, 1.82) is 0 Å². The fourth-order valence-corrected chi connectivity index (χ4v) is 2.08. The molecule has 6 heteroatoms. The van der Waals surface area contributed by atoms with Crippen LogP contribution in [0.3, 0.4) is 0 Å². The fraction of sp³-hybridized carbons (Fsp3) is 0.889. The minimum atomic E-state index is -0.256. The van der Waals surface area contributed by atoms with Crippen molar-refractivity contribution in [3.8, 4) is 0 Å². The molecule has 5 nitrogen and oxygen atoms in total. The second-order valence-electron chi connectivity index (χ2n) is 4.48. The van der Waals surface area contributed by atoms with Gasteiger partial charge in [-0.3, -0.25) is 0 Å². The number of aromatic nitrogens is 4. The lowest BCUT2D eigenvalue weighted by atomic mass is 9.94. The van der Waals surface area contributed by atoms with E-state index in [0.717, 1.165) is 12.2 Å². The Morgan fingerprint density at radius 1 is 1.60 bits per heavy atom. The van der Waals surface area contributed by atoms with Crippen LogP contribution >= 0.6 is 11.6 Å². The molecule has 2 unspecified atom stereocenters. The molecule has 0 aliphatic carbocycles. The summed E-state index contributed by atoms with van der Waals surface area (Å²) in [6, 6.07) is 0. The number of aryl methyl sites for hydroxylation is 1. The molecule has 0 saturated carbocycles. The maximum atomic E-state index is 6.32. The molecular weight excluding hydrogens is 216 g/mol. The number of hydrogen-bond acceptors (Lipinski definition) is 4. The number of halogens is 1. The van der Waals surface area contributed by atoms with E-state index in [1.807, 2.05) is 13.8 Å². The number of nitrogens with zero attached hydrogens (tertiary/aromatic N) is 4. The van der Waals surface area contributed by atoms with Gasteiger partial charge in [-0.25, -0.2) is 0 Å². The predicted octanol–water partition coefficient (Wildman–Crippen LogP) is 0.785. The van der Waals surface area contributed by atoms with Crippen molar-refractivity contribution in [3.05, 3.63) is 5.82 Å². The molecule has 1 aliphatic heterocycles. The van der Waals surface area contributed by atoms with Gasteiger partial charge in [0.1, 0.15) is 0 Å². The number of rotatable bonds is 2. The lowest BCUT2D eigenvalue weighted by molar-refractivity contribution is 0.0365. The second kappa shape index (κ2) is 3.72. The summed E-state index contributed by atoms with van der Waals surface area (Å²) in [5.41, 5.74) is -0.256. The Hall–Kier alpha value is -0.680. The summed E-state index contributed by atoms with van der Waals surface area (Å²) in [6.45, 7) is 4.68. The molecule has 1 aliphatic rings. The van der Waals surface area contributed by atoms with Gasteiger partial charge in [0.2, 0.25) is 0 Å². The van der Waals surface area contributed by atoms with Gasteiger partial charge in [0.15, 0.2) is 5.82 Å². The molecule has 0 spiro atoms. The zero-order valence-electron chi connectivity index (χ0n) is 9.14. The van der Waals surface area contributed by atoms with Gasteiger partial charge in [-0.15, -0.1) is 21.8 Å². The van der Waals surface area contributed by atoms with E-state index in [4.69, 9.17) is 16.3 Å². The average Bonchev–Trinajstić information content (AvgIpc) is 2.66. The van der Waals surface area contributed by atoms with Gasteiger partial charge in [-0.1, -0.05) is 0 Å². The molecular formula is C9H15ClN4O. The third kappa shape index (κ3) is 2.13. The van der Waals surface area contributed by atoms with Gasteiger partial charge >= 0.3 is 0 Å². The van der Waals surface area contributed by atoms with Crippen LogP contribution in [0.4, 0.5) is 0 Å². The predicted molar refractivity (Wildman–Crippen MR) is 55.7 cm³/mol. The van der Waals surface area contributed by atoms with Crippen molar-refractivity contribution in [2.45, 2.75) is 31.2 Å². The SMILES string of the molecule is Cn1nnc(CC2COC(C)(C)C2Cl)n1. The first kappa shape index (κ1) is 10.8. The molecule has 1 fully saturated rings. The smallest absolute Gasteiger partial charge is 0.175 e. The Labute approximate surface area is 93.7 Å². The Kier molecular flexibility index (Phi) is 2.68. The first-order chi connectivity index (χ1) is 6.99. The molecule has 0 amide bonds. The Morgan fingerprint density at radius 2 is 2.33 bits per heavy atom. The average molecular weight is 231 g/mol. The van der Waals surface area contributed by atoms with Crippen molar-refractivity contribution in [1.82, 2.24) is 20.2 Å². The summed E-state index contributed by atoms with van der Waals surface area (Å²) in [5, 5.41) is 11.9. The second-order valence-corrected chi connectivity index (χ2v) is 4.95. The van der Waals surface area contributed by atoms with E-state index in [0.29, 0.717) is 6.61 Å². The lowest BCUT2D eigenvalue weighted by Crippen LogP contribution is -2.31. The van der Waals surface area contributed by atoms with E-state index in [1.54, 1.807) is 7.05 Å². The van der Waals surface area contributed by atoms with Crippen LogP contribution < -0.4 is 0 Å². The number of ether oxygens (including phenoxy) is 1. The topological polar surface area (TPSA) is 52.8 Å². The zero-order chi connectivity index (χ0) is 11.1. The van der Waals surface area contributed by atoms with Gasteiger partial charge in [0.05, 0.1) is 24.6 Å². The van der Waals surface area contributed by atoms with Crippen molar-refractivity contribution in [3.63, 3.8) is 0 Å². The molecule has 2 rings (SSSR count). The van der Waals surface area contributed by atoms with Crippen molar-refractivity contribution in [2.24, 2.45) is 13.0 Å². The third-order valence-corrected chi connectivity index (χ3v) is 3.62. The van der Waals surface area contributed by atoms with E-state index in [9.17, 15) is 0 Å². The molecule has 15 heavy (non-hydrogen) atoms. The van der Waals surface area contributed by atoms with Crippen LogP contribution in [0.1, 0.15) is 19.7 Å². The summed E-state index contributed by atoms with van der Waals surface area (Å²) < 4.78 is 5.63. The molecule has 0 aromatic carbocycles. The third-order valence-electron chi connectivity index (χ3n) is 2.74. The quantitative estimate of drug-likeness (QED) is 0.705. The van der Waals surface area contributed by atoms with Crippen LogP contribution in [-0.2, 0) is 18.2 Å². The molecule has 1 aromatic heterocycles. The van der Waals surface area contributed by atoms with E-state index < -0.39 is 0 Å². The molecule has 1 aromatic rings. The molecule has 0 bridgehead atoms. The van der Waals surface area contributed by atoms with Crippen LogP contribution in [0.25, 0.3) is 0 Å². The Balaban J connectivity index is 2.02.